The summed E-state index contributed by atoms with van der Waals surface area (Å²) in [7, 11) is 0. The van der Waals surface area contributed by atoms with Crippen molar-refractivity contribution in [3.8, 4) is 33.4 Å². The van der Waals surface area contributed by atoms with Gasteiger partial charge in [-0.15, -0.1) is 0 Å². The van der Waals surface area contributed by atoms with Crippen molar-refractivity contribution in [2.45, 2.75) is 20.3 Å². The maximum Gasteiger partial charge on any atom is 0.200 e. The van der Waals surface area contributed by atoms with Crippen LogP contribution in [0.4, 0.5) is 57.1 Å². The topological polar surface area (TPSA) is 4.93 Å². The summed E-state index contributed by atoms with van der Waals surface area (Å²) in [6.07, 6.45) is 4.57. The summed E-state index contributed by atoms with van der Waals surface area (Å²) in [5.74, 6) is -30.4. The Morgan fingerprint density at radius 2 is 0.793 bits per heavy atom. The molecule has 0 aliphatic heterocycles. The molecule has 0 saturated heterocycles. The summed E-state index contributed by atoms with van der Waals surface area (Å²) in [5.41, 5.74) is -5.29. The molecule has 1 aromatic heterocycles. The number of hydrogen-bond donors (Lipinski definition) is 0. The Balaban J connectivity index is 1.43. The van der Waals surface area contributed by atoms with Crippen LogP contribution in [-0.2, 0) is 0 Å². The number of rotatable bonds is 4. The molecule has 1 atom stereocenters. The normalized spacial score (nSPS) is 14.8. The zero-order chi connectivity index (χ0) is 41.4. The molecular formula is C44H20F13N. The third-order valence-electron chi connectivity index (χ3n) is 10.8. The van der Waals surface area contributed by atoms with E-state index in [4.69, 9.17) is 0 Å². The molecule has 0 fully saturated rings. The summed E-state index contributed by atoms with van der Waals surface area (Å²) >= 11 is 0. The van der Waals surface area contributed by atoms with Gasteiger partial charge >= 0.3 is 0 Å². The molecule has 7 aromatic carbocycles. The van der Waals surface area contributed by atoms with Crippen LogP contribution in [0.15, 0.2) is 72.3 Å². The van der Waals surface area contributed by atoms with Crippen LogP contribution in [0.5, 0.6) is 0 Å². The molecule has 0 saturated carbocycles. The Kier molecular flexibility index (Phi) is 8.26. The summed E-state index contributed by atoms with van der Waals surface area (Å²) in [6, 6.07) is 10.6. The highest BCUT2D eigenvalue weighted by atomic mass is 19.2. The minimum Gasteiger partial charge on any atom is -0.313 e. The average Bonchev–Trinajstić information content (AvgIpc) is 3.54. The number of benzene rings is 7. The standard InChI is InChI=1S/C44H20F13N/c1-15-9-10-22(16(2)11-15)58-23-7-3-5-20-28(23)29-21(6-4-8-24(29)58)31-30(20)32(45)25(33(46)38(31)51)17-12-18(26-34(47)39(52)43(56)40(53)35(26)48)14-19(13-17)27-36(49)41(54)44(57)42(55)37(27)50/h3-10,12-14,16H,11H2,1-2H3. The fourth-order valence-corrected chi connectivity index (χ4v) is 8.34. The predicted octanol–water partition coefficient (Wildman–Crippen LogP) is 14.2. The fraction of sp³-hybridized carbons (Fsp3) is 0.0909. The molecule has 1 aliphatic rings. The summed E-state index contributed by atoms with van der Waals surface area (Å²) in [4.78, 5) is 0. The fourth-order valence-electron chi connectivity index (χ4n) is 8.34. The monoisotopic (exact) mass is 809 g/mol. The van der Waals surface area contributed by atoms with Gasteiger partial charge in [0.1, 0.15) is 5.82 Å². The lowest BCUT2D eigenvalue weighted by atomic mass is 9.88. The average molecular weight is 810 g/mol. The van der Waals surface area contributed by atoms with Gasteiger partial charge in [-0.3, -0.25) is 0 Å². The van der Waals surface area contributed by atoms with Crippen LogP contribution in [-0.4, -0.2) is 4.57 Å². The van der Waals surface area contributed by atoms with Gasteiger partial charge in [0.25, 0.3) is 0 Å². The van der Waals surface area contributed by atoms with E-state index in [1.807, 2.05) is 30.6 Å². The Morgan fingerprint density at radius 1 is 0.431 bits per heavy atom. The first-order valence-electron chi connectivity index (χ1n) is 17.4. The third kappa shape index (κ3) is 4.92. The van der Waals surface area contributed by atoms with Crippen molar-refractivity contribution >= 4 is 49.0 Å². The highest BCUT2D eigenvalue weighted by Gasteiger charge is 2.33. The van der Waals surface area contributed by atoms with Gasteiger partial charge in [0.05, 0.1) is 27.7 Å². The quantitative estimate of drug-likeness (QED) is 0.0722. The molecular weight excluding hydrogens is 789 g/mol. The van der Waals surface area contributed by atoms with Crippen molar-refractivity contribution in [3.05, 3.63) is 148 Å². The van der Waals surface area contributed by atoms with E-state index in [2.05, 4.69) is 0 Å². The van der Waals surface area contributed by atoms with Crippen molar-refractivity contribution in [2.24, 2.45) is 5.92 Å². The highest BCUT2D eigenvalue weighted by molar-refractivity contribution is 6.35. The van der Waals surface area contributed by atoms with Gasteiger partial charge in [-0.1, -0.05) is 42.8 Å². The molecule has 58 heavy (non-hydrogen) atoms. The molecule has 1 aliphatic carbocycles. The van der Waals surface area contributed by atoms with Crippen LogP contribution in [0.1, 0.15) is 20.3 Å². The van der Waals surface area contributed by atoms with Gasteiger partial charge in [-0.05, 0) is 77.2 Å². The number of halogens is 13. The summed E-state index contributed by atoms with van der Waals surface area (Å²) in [6.45, 7) is 3.98. The van der Waals surface area contributed by atoms with Gasteiger partial charge in [-0.25, -0.2) is 57.1 Å². The number of aromatic nitrogens is 1. The Bertz CT molecular complexity index is 3070. The van der Waals surface area contributed by atoms with E-state index < -0.39 is 120 Å². The maximum absolute atomic E-state index is 17.4. The van der Waals surface area contributed by atoms with E-state index in [0.717, 1.165) is 11.3 Å². The second-order valence-corrected chi connectivity index (χ2v) is 14.2. The smallest absolute Gasteiger partial charge is 0.200 e. The molecule has 0 radical (unpaired) electrons. The first-order valence-corrected chi connectivity index (χ1v) is 17.4. The van der Waals surface area contributed by atoms with Gasteiger partial charge in [-0.2, -0.15) is 0 Å². The van der Waals surface area contributed by atoms with Crippen molar-refractivity contribution in [3.63, 3.8) is 0 Å². The SMILES string of the molecule is CC1=CC=C(n2c3cccc4c5c(F)c(F)c(-c6cc(-c7c(F)c(F)c(F)c(F)c7F)cc(-c7c(F)c(F)c(F)c(F)c7F)c6)c(F)c5c5cccc2c5c43)C(C)C1. The molecule has 1 unspecified atom stereocenters. The number of fused-ring (bicyclic) bond motifs is 3. The predicted molar refractivity (Wildman–Crippen MR) is 193 cm³/mol. The Labute approximate surface area is 317 Å². The molecule has 0 bridgehead atoms. The van der Waals surface area contributed by atoms with Gasteiger partial charge in [0.2, 0.25) is 11.6 Å². The number of hydrogen-bond acceptors (Lipinski definition) is 0. The minimum atomic E-state index is -2.61. The highest BCUT2D eigenvalue weighted by Crippen LogP contribution is 2.49. The molecule has 292 valence electrons. The van der Waals surface area contributed by atoms with E-state index in [0.29, 0.717) is 46.4 Å². The van der Waals surface area contributed by atoms with Crippen LogP contribution in [0.25, 0.3) is 82.4 Å². The molecule has 0 N–H and O–H groups in total. The zero-order valence-electron chi connectivity index (χ0n) is 29.5. The second-order valence-electron chi connectivity index (χ2n) is 14.2. The maximum atomic E-state index is 17.4. The van der Waals surface area contributed by atoms with Gasteiger partial charge < -0.3 is 4.57 Å². The van der Waals surface area contributed by atoms with Crippen LogP contribution >= 0.6 is 0 Å². The minimum absolute atomic E-state index is 0.00584. The van der Waals surface area contributed by atoms with E-state index in [9.17, 15) is 26.3 Å². The lowest BCUT2D eigenvalue weighted by molar-refractivity contribution is 0.381. The van der Waals surface area contributed by atoms with Crippen molar-refractivity contribution < 1.29 is 57.1 Å². The largest absolute Gasteiger partial charge is 0.313 e. The molecule has 1 nitrogen and oxygen atoms in total. The zero-order valence-corrected chi connectivity index (χ0v) is 29.5. The molecule has 14 heteroatoms. The third-order valence-corrected chi connectivity index (χ3v) is 10.8. The molecule has 0 amide bonds. The lowest BCUT2D eigenvalue weighted by Gasteiger charge is -2.22. The molecule has 8 aromatic rings. The summed E-state index contributed by atoms with van der Waals surface area (Å²) < 4.78 is 200. The van der Waals surface area contributed by atoms with Crippen LogP contribution in [0.3, 0.4) is 0 Å². The van der Waals surface area contributed by atoms with E-state index >= 15 is 30.7 Å². The van der Waals surface area contributed by atoms with Crippen LogP contribution in [0, 0.1) is 81.5 Å². The van der Waals surface area contributed by atoms with Crippen molar-refractivity contribution in [1.29, 1.82) is 0 Å². The number of nitrogens with zero attached hydrogens (tertiary/aromatic N) is 1. The van der Waals surface area contributed by atoms with Crippen molar-refractivity contribution in [2.75, 3.05) is 0 Å². The van der Waals surface area contributed by atoms with Gasteiger partial charge in [0.15, 0.2) is 58.2 Å². The van der Waals surface area contributed by atoms with Gasteiger partial charge in [0, 0.05) is 33.2 Å². The molecule has 1 heterocycles. The Morgan fingerprint density at radius 3 is 1.21 bits per heavy atom. The van der Waals surface area contributed by atoms with E-state index in [-0.39, 0.29) is 16.7 Å². The molecule has 9 rings (SSSR count). The summed E-state index contributed by atoms with van der Waals surface area (Å²) in [5, 5.41) is -0.0675. The van der Waals surface area contributed by atoms with Crippen LogP contribution < -0.4 is 0 Å². The lowest BCUT2D eigenvalue weighted by Crippen LogP contribution is -2.09. The van der Waals surface area contributed by atoms with E-state index in [1.165, 1.54) is 12.1 Å². The number of allylic oxidation sites excluding steroid dienone is 4. The van der Waals surface area contributed by atoms with Crippen molar-refractivity contribution in [1.82, 2.24) is 4.57 Å². The Hall–Kier alpha value is -6.31. The van der Waals surface area contributed by atoms with E-state index in [1.54, 1.807) is 24.3 Å². The first-order chi connectivity index (χ1) is 27.5. The van der Waals surface area contributed by atoms with Crippen LogP contribution in [0.2, 0.25) is 0 Å². The molecule has 0 spiro atoms. The first kappa shape index (κ1) is 37.3. The second kappa shape index (κ2) is 12.9.